The number of nitriles is 1. The smallest absolute Gasteiger partial charge is 0.258 e. The zero-order chi connectivity index (χ0) is 11.5. The fourth-order valence-electron chi connectivity index (χ4n) is 1.29. The lowest BCUT2D eigenvalue weighted by atomic mass is 10.2. The fourth-order valence-corrected chi connectivity index (χ4v) is 1.29. The third-order valence-corrected chi connectivity index (χ3v) is 2.15. The molecule has 1 heterocycles. The van der Waals surface area contributed by atoms with Crippen LogP contribution in [0.4, 0.5) is 0 Å². The Morgan fingerprint density at radius 2 is 2.25 bits per heavy atom. The summed E-state index contributed by atoms with van der Waals surface area (Å²) in [5.74, 6) is 0.905. The number of nitrogens with zero attached hydrogens (tertiary/aromatic N) is 2. The number of aromatic nitrogens is 1. The second-order valence-corrected chi connectivity index (χ2v) is 4.09. The van der Waals surface area contributed by atoms with Crippen LogP contribution in [0.5, 0.6) is 11.6 Å². The number of hydrogen-bond acceptors (Lipinski definition) is 4. The molecule has 0 bridgehead atoms. The molecule has 16 heavy (non-hydrogen) atoms. The van der Waals surface area contributed by atoms with Crippen molar-refractivity contribution in [3.63, 3.8) is 0 Å². The Kier molecular flexibility index (Phi) is 2.95. The molecule has 4 heteroatoms. The molecule has 1 aromatic heterocycles. The van der Waals surface area contributed by atoms with Gasteiger partial charge in [-0.15, -0.1) is 0 Å². The average molecular weight is 218 g/mol. The Balaban J connectivity index is 2.29. The number of hydrogen-bond donors (Lipinski definition) is 0. The van der Waals surface area contributed by atoms with Crippen molar-refractivity contribution in [3.05, 3.63) is 17.8 Å². The van der Waals surface area contributed by atoms with Gasteiger partial charge in [-0.25, -0.2) is 4.98 Å². The van der Waals surface area contributed by atoms with Crippen molar-refractivity contribution in [3.8, 4) is 17.7 Å². The molecular formula is C12H14N2O2. The van der Waals surface area contributed by atoms with Crippen LogP contribution in [0.25, 0.3) is 0 Å². The quantitative estimate of drug-likeness (QED) is 0.778. The first-order valence-electron chi connectivity index (χ1n) is 5.43. The molecule has 1 fully saturated rings. The van der Waals surface area contributed by atoms with Gasteiger partial charge in [-0.05, 0) is 32.8 Å². The standard InChI is InChI=1S/C12H14N2O2/c1-8(2)15-12-11(16-10-3-4-10)9(7-13)5-6-14-12/h5-6,8,10H,3-4H2,1-2H3. The predicted octanol–water partition coefficient (Wildman–Crippen LogP) is 2.28. The van der Waals surface area contributed by atoms with Gasteiger partial charge in [-0.2, -0.15) is 5.26 Å². The van der Waals surface area contributed by atoms with Crippen molar-refractivity contribution >= 4 is 0 Å². The Labute approximate surface area is 94.8 Å². The molecule has 0 unspecified atom stereocenters. The van der Waals surface area contributed by atoms with Gasteiger partial charge in [-0.1, -0.05) is 0 Å². The number of ether oxygens (including phenoxy) is 2. The van der Waals surface area contributed by atoms with E-state index in [0.717, 1.165) is 12.8 Å². The number of rotatable bonds is 4. The largest absolute Gasteiger partial charge is 0.484 e. The zero-order valence-corrected chi connectivity index (χ0v) is 9.43. The molecule has 0 saturated heterocycles. The van der Waals surface area contributed by atoms with E-state index in [1.165, 1.54) is 0 Å². The van der Waals surface area contributed by atoms with Gasteiger partial charge in [0.1, 0.15) is 11.6 Å². The van der Waals surface area contributed by atoms with Crippen LogP contribution in [0.2, 0.25) is 0 Å². The molecule has 1 aliphatic rings. The highest BCUT2D eigenvalue weighted by Gasteiger charge is 2.27. The van der Waals surface area contributed by atoms with Crippen LogP contribution in [-0.4, -0.2) is 17.2 Å². The van der Waals surface area contributed by atoms with E-state index in [1.54, 1.807) is 12.3 Å². The second kappa shape index (κ2) is 4.40. The molecule has 4 nitrogen and oxygen atoms in total. The Morgan fingerprint density at radius 1 is 1.50 bits per heavy atom. The van der Waals surface area contributed by atoms with Crippen molar-refractivity contribution in [1.29, 1.82) is 5.26 Å². The van der Waals surface area contributed by atoms with Crippen LogP contribution in [0.15, 0.2) is 12.3 Å². The summed E-state index contributed by atoms with van der Waals surface area (Å²) in [5, 5.41) is 9.00. The Morgan fingerprint density at radius 3 is 2.81 bits per heavy atom. The van der Waals surface area contributed by atoms with E-state index in [-0.39, 0.29) is 12.2 Å². The van der Waals surface area contributed by atoms with E-state index in [2.05, 4.69) is 11.1 Å². The summed E-state index contributed by atoms with van der Waals surface area (Å²) in [6.45, 7) is 3.84. The molecule has 1 saturated carbocycles. The lowest BCUT2D eigenvalue weighted by Gasteiger charge is -2.14. The van der Waals surface area contributed by atoms with Crippen molar-refractivity contribution < 1.29 is 9.47 Å². The third kappa shape index (κ3) is 2.43. The molecule has 1 aromatic rings. The zero-order valence-electron chi connectivity index (χ0n) is 9.43. The predicted molar refractivity (Wildman–Crippen MR) is 58.4 cm³/mol. The minimum atomic E-state index is 0.0167. The molecule has 0 radical (unpaired) electrons. The Hall–Kier alpha value is -1.76. The molecule has 0 amide bonds. The monoisotopic (exact) mass is 218 g/mol. The highest BCUT2D eigenvalue weighted by atomic mass is 16.5. The van der Waals surface area contributed by atoms with Gasteiger partial charge in [-0.3, -0.25) is 0 Å². The van der Waals surface area contributed by atoms with Gasteiger partial charge in [0.15, 0.2) is 5.75 Å². The topological polar surface area (TPSA) is 55.1 Å². The van der Waals surface area contributed by atoms with Gasteiger partial charge in [0.2, 0.25) is 0 Å². The normalized spacial score (nSPS) is 14.6. The molecule has 0 atom stereocenters. The molecule has 2 rings (SSSR count). The Bertz CT molecular complexity index is 420. The summed E-state index contributed by atoms with van der Waals surface area (Å²) in [6.07, 6.45) is 3.89. The number of pyridine rings is 1. The van der Waals surface area contributed by atoms with E-state index in [9.17, 15) is 0 Å². The van der Waals surface area contributed by atoms with E-state index in [4.69, 9.17) is 14.7 Å². The summed E-state index contributed by atoms with van der Waals surface area (Å²) in [7, 11) is 0. The first kappa shape index (κ1) is 10.7. The summed E-state index contributed by atoms with van der Waals surface area (Å²) in [5.41, 5.74) is 0.484. The van der Waals surface area contributed by atoms with Gasteiger partial charge in [0.05, 0.1) is 12.2 Å². The maximum absolute atomic E-state index is 9.00. The third-order valence-electron chi connectivity index (χ3n) is 2.15. The SMILES string of the molecule is CC(C)Oc1nccc(C#N)c1OC1CC1. The molecule has 1 aliphatic carbocycles. The molecule has 0 aliphatic heterocycles. The maximum Gasteiger partial charge on any atom is 0.258 e. The van der Waals surface area contributed by atoms with Gasteiger partial charge < -0.3 is 9.47 Å². The first-order valence-corrected chi connectivity index (χ1v) is 5.43. The summed E-state index contributed by atoms with van der Waals surface area (Å²) < 4.78 is 11.2. The van der Waals surface area contributed by atoms with Gasteiger partial charge in [0.25, 0.3) is 5.88 Å². The molecule has 0 spiro atoms. The lowest BCUT2D eigenvalue weighted by Crippen LogP contribution is -2.10. The van der Waals surface area contributed by atoms with Crippen molar-refractivity contribution in [2.24, 2.45) is 0 Å². The summed E-state index contributed by atoms with van der Waals surface area (Å²) >= 11 is 0. The van der Waals surface area contributed by atoms with E-state index >= 15 is 0 Å². The van der Waals surface area contributed by atoms with Crippen LogP contribution < -0.4 is 9.47 Å². The van der Waals surface area contributed by atoms with Crippen molar-refractivity contribution in [2.75, 3.05) is 0 Å². The van der Waals surface area contributed by atoms with Crippen LogP contribution in [-0.2, 0) is 0 Å². The molecular weight excluding hydrogens is 204 g/mol. The van der Waals surface area contributed by atoms with E-state index in [1.807, 2.05) is 13.8 Å². The highest BCUT2D eigenvalue weighted by Crippen LogP contribution is 2.35. The van der Waals surface area contributed by atoms with Crippen LogP contribution >= 0.6 is 0 Å². The van der Waals surface area contributed by atoms with Crippen LogP contribution in [0.3, 0.4) is 0 Å². The van der Waals surface area contributed by atoms with Gasteiger partial charge >= 0.3 is 0 Å². The van der Waals surface area contributed by atoms with Gasteiger partial charge in [0, 0.05) is 6.20 Å². The summed E-state index contributed by atoms with van der Waals surface area (Å²) in [4.78, 5) is 4.11. The van der Waals surface area contributed by atoms with E-state index < -0.39 is 0 Å². The van der Waals surface area contributed by atoms with E-state index in [0.29, 0.717) is 17.2 Å². The molecule has 0 N–H and O–H groups in total. The molecule has 0 aromatic carbocycles. The van der Waals surface area contributed by atoms with Crippen molar-refractivity contribution in [1.82, 2.24) is 4.98 Å². The minimum absolute atomic E-state index is 0.0167. The molecule has 84 valence electrons. The highest BCUT2D eigenvalue weighted by molar-refractivity contribution is 5.48. The first-order chi connectivity index (χ1) is 7.70. The van der Waals surface area contributed by atoms with Crippen LogP contribution in [0, 0.1) is 11.3 Å². The fraction of sp³-hybridized carbons (Fsp3) is 0.500. The maximum atomic E-state index is 9.00. The minimum Gasteiger partial charge on any atom is -0.484 e. The second-order valence-electron chi connectivity index (χ2n) is 4.09. The summed E-state index contributed by atoms with van der Waals surface area (Å²) in [6, 6.07) is 3.74. The lowest BCUT2D eigenvalue weighted by molar-refractivity contribution is 0.208. The van der Waals surface area contributed by atoms with Crippen LogP contribution in [0.1, 0.15) is 32.3 Å². The average Bonchev–Trinajstić information content (AvgIpc) is 3.03. The van der Waals surface area contributed by atoms with Crippen molar-refractivity contribution in [2.45, 2.75) is 38.9 Å².